The lowest BCUT2D eigenvalue weighted by Gasteiger charge is -2.34. The molecule has 16 heavy (non-hydrogen) atoms. The van der Waals surface area contributed by atoms with E-state index in [1.807, 2.05) is 0 Å². The standard InChI is InChI=1S/C10H20ClNO3S/c1-10(13)4-7-12(8-5-10)16(14,15)9-3-2-6-11/h13H,2-9H2,1H3. The number of sulfonamides is 1. The van der Waals surface area contributed by atoms with Gasteiger partial charge in [-0.25, -0.2) is 12.7 Å². The molecule has 0 amide bonds. The van der Waals surface area contributed by atoms with E-state index in [1.54, 1.807) is 6.92 Å². The van der Waals surface area contributed by atoms with E-state index in [1.165, 1.54) is 4.31 Å². The monoisotopic (exact) mass is 269 g/mol. The molecule has 0 aromatic rings. The first-order valence-corrected chi connectivity index (χ1v) is 7.78. The fourth-order valence-corrected chi connectivity index (χ4v) is 3.51. The Morgan fingerprint density at radius 2 is 1.88 bits per heavy atom. The van der Waals surface area contributed by atoms with Gasteiger partial charge in [-0.05, 0) is 32.6 Å². The van der Waals surface area contributed by atoms with Crippen molar-refractivity contribution in [1.82, 2.24) is 4.31 Å². The van der Waals surface area contributed by atoms with E-state index < -0.39 is 15.6 Å². The zero-order chi connectivity index (χ0) is 12.2. The van der Waals surface area contributed by atoms with Crippen LogP contribution < -0.4 is 0 Å². The SMILES string of the molecule is CC1(O)CCN(S(=O)(=O)CCCCCl)CC1. The first-order chi connectivity index (χ1) is 7.37. The highest BCUT2D eigenvalue weighted by Crippen LogP contribution is 2.23. The third-order valence-electron chi connectivity index (χ3n) is 2.98. The number of halogens is 1. The van der Waals surface area contributed by atoms with E-state index in [2.05, 4.69) is 0 Å². The Bertz CT molecular complexity index is 306. The normalized spacial score (nSPS) is 22.2. The van der Waals surface area contributed by atoms with E-state index in [0.29, 0.717) is 38.2 Å². The van der Waals surface area contributed by atoms with Gasteiger partial charge in [0.2, 0.25) is 10.0 Å². The van der Waals surface area contributed by atoms with E-state index in [0.717, 1.165) is 6.42 Å². The average molecular weight is 270 g/mol. The Morgan fingerprint density at radius 1 is 1.31 bits per heavy atom. The maximum atomic E-state index is 11.9. The summed E-state index contributed by atoms with van der Waals surface area (Å²) in [5.41, 5.74) is -0.706. The molecule has 1 N–H and O–H groups in total. The summed E-state index contributed by atoms with van der Waals surface area (Å²) >= 11 is 5.51. The van der Waals surface area contributed by atoms with Crippen LogP contribution in [0.4, 0.5) is 0 Å². The molecule has 1 aliphatic heterocycles. The Kier molecular flexibility index (Phi) is 5.04. The number of hydrogen-bond donors (Lipinski definition) is 1. The van der Waals surface area contributed by atoms with Crippen molar-refractivity contribution >= 4 is 21.6 Å². The molecule has 0 radical (unpaired) electrons. The zero-order valence-electron chi connectivity index (χ0n) is 9.65. The van der Waals surface area contributed by atoms with Crippen LogP contribution in [0.25, 0.3) is 0 Å². The predicted octanol–water partition coefficient (Wildman–Crippen LogP) is 1.18. The van der Waals surface area contributed by atoms with E-state index in [9.17, 15) is 13.5 Å². The highest BCUT2D eigenvalue weighted by molar-refractivity contribution is 7.89. The van der Waals surface area contributed by atoms with Gasteiger partial charge >= 0.3 is 0 Å². The molecule has 0 atom stereocenters. The fourth-order valence-electron chi connectivity index (χ4n) is 1.75. The summed E-state index contributed by atoms with van der Waals surface area (Å²) in [5, 5.41) is 9.73. The first-order valence-electron chi connectivity index (χ1n) is 5.64. The second-order valence-corrected chi connectivity index (χ2v) is 7.07. The molecule has 0 unspecified atom stereocenters. The number of rotatable bonds is 5. The number of piperidine rings is 1. The van der Waals surface area contributed by atoms with Crippen molar-refractivity contribution in [1.29, 1.82) is 0 Å². The second-order valence-electron chi connectivity index (χ2n) is 4.61. The molecule has 0 saturated carbocycles. The summed E-state index contributed by atoms with van der Waals surface area (Å²) in [4.78, 5) is 0. The van der Waals surface area contributed by atoms with E-state index >= 15 is 0 Å². The smallest absolute Gasteiger partial charge is 0.214 e. The summed E-state index contributed by atoms with van der Waals surface area (Å²) in [5.74, 6) is 0.673. The molecule has 0 spiro atoms. The number of alkyl halides is 1. The number of nitrogens with zero attached hydrogens (tertiary/aromatic N) is 1. The van der Waals surface area contributed by atoms with Crippen LogP contribution in [0.5, 0.6) is 0 Å². The van der Waals surface area contributed by atoms with Gasteiger partial charge in [-0.15, -0.1) is 11.6 Å². The number of aliphatic hydroxyl groups is 1. The third kappa shape index (κ3) is 4.20. The average Bonchev–Trinajstić information content (AvgIpc) is 2.17. The van der Waals surface area contributed by atoms with Gasteiger partial charge < -0.3 is 5.11 Å². The molecule has 1 heterocycles. The predicted molar refractivity (Wildman–Crippen MR) is 65.2 cm³/mol. The molecule has 0 aliphatic carbocycles. The Labute approximate surface area is 103 Å². The van der Waals surface area contributed by atoms with Crippen LogP contribution in [0.1, 0.15) is 32.6 Å². The third-order valence-corrected chi connectivity index (χ3v) is 5.20. The number of hydrogen-bond acceptors (Lipinski definition) is 3. The van der Waals surface area contributed by atoms with Gasteiger partial charge in [0.15, 0.2) is 0 Å². The first kappa shape index (κ1) is 14.2. The van der Waals surface area contributed by atoms with Crippen molar-refractivity contribution in [2.75, 3.05) is 24.7 Å². The van der Waals surface area contributed by atoms with Gasteiger partial charge in [-0.2, -0.15) is 0 Å². The Morgan fingerprint density at radius 3 is 2.38 bits per heavy atom. The maximum Gasteiger partial charge on any atom is 0.214 e. The van der Waals surface area contributed by atoms with Gasteiger partial charge in [0.1, 0.15) is 0 Å². The summed E-state index contributed by atoms with van der Waals surface area (Å²) in [6, 6.07) is 0. The molecule has 96 valence electrons. The maximum absolute atomic E-state index is 11.9. The second kappa shape index (κ2) is 5.67. The van der Waals surface area contributed by atoms with Gasteiger partial charge in [0.05, 0.1) is 11.4 Å². The highest BCUT2D eigenvalue weighted by atomic mass is 35.5. The van der Waals surface area contributed by atoms with Crippen LogP contribution in [0.2, 0.25) is 0 Å². The highest BCUT2D eigenvalue weighted by Gasteiger charge is 2.32. The van der Waals surface area contributed by atoms with Gasteiger partial charge in [0, 0.05) is 19.0 Å². The molecule has 1 fully saturated rings. The molecule has 1 aliphatic rings. The summed E-state index contributed by atoms with van der Waals surface area (Å²) in [7, 11) is -3.14. The van der Waals surface area contributed by atoms with Crippen molar-refractivity contribution in [2.24, 2.45) is 0 Å². The lowest BCUT2D eigenvalue weighted by atomic mass is 9.95. The minimum Gasteiger partial charge on any atom is -0.390 e. The van der Waals surface area contributed by atoms with Gasteiger partial charge in [-0.3, -0.25) is 0 Å². The quantitative estimate of drug-likeness (QED) is 0.602. The topological polar surface area (TPSA) is 57.6 Å². The minimum absolute atomic E-state index is 0.169. The van der Waals surface area contributed by atoms with Crippen molar-refractivity contribution in [3.63, 3.8) is 0 Å². The lowest BCUT2D eigenvalue weighted by molar-refractivity contribution is 0.0126. The molecular formula is C10H20ClNO3S. The van der Waals surface area contributed by atoms with E-state index in [4.69, 9.17) is 11.6 Å². The molecule has 1 rings (SSSR count). The number of unbranched alkanes of at least 4 members (excludes halogenated alkanes) is 1. The fraction of sp³-hybridized carbons (Fsp3) is 1.00. The van der Waals surface area contributed by atoms with Crippen LogP contribution in [-0.2, 0) is 10.0 Å². The molecule has 4 nitrogen and oxygen atoms in total. The lowest BCUT2D eigenvalue weighted by Crippen LogP contribution is -2.45. The van der Waals surface area contributed by atoms with Gasteiger partial charge in [-0.1, -0.05) is 0 Å². The molecular weight excluding hydrogens is 250 g/mol. The summed E-state index contributed by atoms with van der Waals surface area (Å²) < 4.78 is 25.2. The van der Waals surface area contributed by atoms with Crippen LogP contribution in [0.15, 0.2) is 0 Å². The minimum atomic E-state index is -3.14. The Hall–Kier alpha value is 0.160. The molecule has 1 saturated heterocycles. The van der Waals surface area contributed by atoms with E-state index in [-0.39, 0.29) is 5.75 Å². The van der Waals surface area contributed by atoms with Crippen LogP contribution in [0, 0.1) is 0 Å². The summed E-state index contributed by atoms with van der Waals surface area (Å²) in [6.07, 6.45) is 2.37. The molecule has 0 aromatic heterocycles. The van der Waals surface area contributed by atoms with Crippen molar-refractivity contribution in [3.8, 4) is 0 Å². The van der Waals surface area contributed by atoms with Crippen LogP contribution >= 0.6 is 11.6 Å². The van der Waals surface area contributed by atoms with Crippen molar-refractivity contribution in [3.05, 3.63) is 0 Å². The largest absolute Gasteiger partial charge is 0.390 e. The van der Waals surface area contributed by atoms with Crippen LogP contribution in [0.3, 0.4) is 0 Å². The summed E-state index contributed by atoms with van der Waals surface area (Å²) in [6.45, 7) is 2.61. The van der Waals surface area contributed by atoms with Gasteiger partial charge in [0.25, 0.3) is 0 Å². The van der Waals surface area contributed by atoms with Crippen molar-refractivity contribution < 1.29 is 13.5 Å². The molecule has 6 heteroatoms. The Balaban J connectivity index is 2.45. The molecule has 0 aromatic carbocycles. The molecule has 0 bridgehead atoms. The zero-order valence-corrected chi connectivity index (χ0v) is 11.2. The van der Waals surface area contributed by atoms with Crippen LogP contribution in [-0.4, -0.2) is 48.2 Å². The van der Waals surface area contributed by atoms with Crippen molar-refractivity contribution in [2.45, 2.75) is 38.2 Å².